The summed E-state index contributed by atoms with van der Waals surface area (Å²) in [6.45, 7) is 13.4. The van der Waals surface area contributed by atoms with Gasteiger partial charge in [0.25, 0.3) is 5.91 Å². The number of nitrogens with one attached hydrogen (secondary N) is 4. The Kier molecular flexibility index (Phi) is 15.5. The third-order valence-electron chi connectivity index (χ3n) is 10.0. The molecule has 5 atom stereocenters. The highest BCUT2D eigenvalue weighted by atomic mass is 16.4. The molecule has 1 aliphatic heterocycles. The number of pyridine rings is 1. The molecule has 1 fully saturated rings. The number of hydrogen-bond acceptors (Lipinski definition) is 8. The van der Waals surface area contributed by atoms with Gasteiger partial charge >= 0.3 is 12.1 Å². The summed E-state index contributed by atoms with van der Waals surface area (Å²) in [7, 11) is 0. The van der Waals surface area contributed by atoms with Crippen molar-refractivity contribution in [2.45, 2.75) is 98.6 Å². The van der Waals surface area contributed by atoms with Crippen molar-refractivity contribution in [1.82, 2.24) is 35.9 Å². The predicted molar refractivity (Wildman–Crippen MR) is 217 cm³/mol. The van der Waals surface area contributed by atoms with Crippen molar-refractivity contribution in [3.63, 3.8) is 0 Å². The van der Waals surface area contributed by atoms with E-state index in [9.17, 15) is 34.2 Å². The second-order valence-corrected chi connectivity index (χ2v) is 15.9. The molecule has 0 bridgehead atoms. The normalized spacial score (nSPS) is 15.7. The van der Waals surface area contributed by atoms with Gasteiger partial charge in [-0.05, 0) is 60.1 Å². The number of carbonyl (C=O) groups is 5. The minimum atomic E-state index is -1.36. The highest BCUT2D eigenvalue weighted by Crippen LogP contribution is 2.24. The van der Waals surface area contributed by atoms with E-state index in [2.05, 4.69) is 26.4 Å². The van der Waals surface area contributed by atoms with Crippen molar-refractivity contribution in [2.24, 2.45) is 11.3 Å². The number of rotatable bonds is 18. The molecule has 15 nitrogen and oxygen atoms in total. The number of amides is 6. The summed E-state index contributed by atoms with van der Waals surface area (Å²) in [6.07, 6.45) is -1.77. The van der Waals surface area contributed by atoms with Gasteiger partial charge in [-0.3, -0.25) is 24.8 Å². The lowest BCUT2D eigenvalue weighted by Crippen LogP contribution is -2.60. The van der Waals surface area contributed by atoms with Crippen LogP contribution < -0.4 is 21.4 Å². The van der Waals surface area contributed by atoms with Crippen LogP contribution in [-0.2, 0) is 33.9 Å². The van der Waals surface area contributed by atoms with Gasteiger partial charge in [-0.2, -0.15) is 0 Å². The molecule has 0 saturated carbocycles. The van der Waals surface area contributed by atoms with Gasteiger partial charge < -0.3 is 36.0 Å². The Hall–Kier alpha value is -5.54. The van der Waals surface area contributed by atoms with Crippen LogP contribution >= 0.6 is 0 Å². The van der Waals surface area contributed by atoms with Gasteiger partial charge in [0.15, 0.2) is 0 Å². The summed E-state index contributed by atoms with van der Waals surface area (Å²) in [5, 5.41) is 31.2. The average Bonchev–Trinajstić information content (AvgIpc) is 3.48. The number of anilines is 1. The standard InChI is InChI=1S/C42H58N8O7/c1-8-27(2)36(50-22-21-48(41(50)57)25-33-16-12-13-28(3)43-33)38(53)45-34(23-30-14-10-9-11-15-30)35(52)26-49(24-31-17-19-32(20-18-31)44-29(4)51)47-39(54)37(42(5,6)7)46-40(55)56/h9-20,27,34-37,46,52H,8,21-26H2,1-7H3,(H,44,51)(H,45,53)(H,47,54)(H,55,56)/t27-,34-,35-,36-,37+/m0/s1. The summed E-state index contributed by atoms with van der Waals surface area (Å²) >= 11 is 0. The second-order valence-electron chi connectivity index (χ2n) is 15.9. The Morgan fingerprint density at radius 3 is 2.19 bits per heavy atom. The molecule has 3 aromatic rings. The number of aliphatic hydroxyl groups excluding tert-OH is 1. The molecule has 308 valence electrons. The number of aromatic nitrogens is 1. The molecule has 2 heterocycles. The molecule has 6 amide bonds. The molecule has 1 saturated heterocycles. The first-order valence-electron chi connectivity index (χ1n) is 19.4. The molecule has 2 aromatic carbocycles. The second kappa shape index (κ2) is 20.1. The fourth-order valence-electron chi connectivity index (χ4n) is 6.88. The average molecular weight is 787 g/mol. The number of aliphatic hydroxyl groups is 1. The van der Waals surface area contributed by atoms with Gasteiger partial charge in [0.1, 0.15) is 12.1 Å². The summed E-state index contributed by atoms with van der Waals surface area (Å²) in [6, 6.07) is 18.9. The van der Waals surface area contributed by atoms with Crippen molar-refractivity contribution in [3.8, 4) is 0 Å². The third-order valence-corrected chi connectivity index (χ3v) is 10.0. The number of urea groups is 1. The minimum absolute atomic E-state index is 0.0858. The zero-order valence-corrected chi connectivity index (χ0v) is 34.0. The van der Waals surface area contributed by atoms with Crippen LogP contribution in [0.3, 0.4) is 0 Å². The number of nitrogens with zero attached hydrogens (tertiary/aromatic N) is 4. The maximum atomic E-state index is 14.4. The fourth-order valence-corrected chi connectivity index (χ4v) is 6.88. The molecule has 0 radical (unpaired) electrons. The van der Waals surface area contributed by atoms with Crippen LogP contribution in [-0.4, -0.2) is 104 Å². The summed E-state index contributed by atoms with van der Waals surface area (Å²) < 4.78 is 0. The molecular weight excluding hydrogens is 729 g/mol. The topological polar surface area (TPSA) is 197 Å². The molecule has 0 unspecified atom stereocenters. The van der Waals surface area contributed by atoms with Crippen LogP contribution in [0.5, 0.6) is 0 Å². The Balaban J connectivity index is 1.62. The largest absolute Gasteiger partial charge is 0.465 e. The zero-order chi connectivity index (χ0) is 41.9. The minimum Gasteiger partial charge on any atom is -0.465 e. The maximum Gasteiger partial charge on any atom is 0.405 e. The highest BCUT2D eigenvalue weighted by molar-refractivity contribution is 5.89. The van der Waals surface area contributed by atoms with Crippen molar-refractivity contribution in [3.05, 3.63) is 95.3 Å². The van der Waals surface area contributed by atoms with E-state index in [4.69, 9.17) is 0 Å². The van der Waals surface area contributed by atoms with Crippen LogP contribution in [0.1, 0.15) is 70.5 Å². The van der Waals surface area contributed by atoms with Crippen LogP contribution in [0.15, 0.2) is 72.8 Å². The van der Waals surface area contributed by atoms with Crippen molar-refractivity contribution < 1.29 is 34.2 Å². The van der Waals surface area contributed by atoms with Gasteiger partial charge in [0, 0.05) is 44.5 Å². The van der Waals surface area contributed by atoms with E-state index >= 15 is 0 Å². The van der Waals surface area contributed by atoms with Crippen molar-refractivity contribution in [1.29, 1.82) is 0 Å². The van der Waals surface area contributed by atoms with Crippen LogP contribution in [0.25, 0.3) is 0 Å². The van der Waals surface area contributed by atoms with Crippen molar-refractivity contribution in [2.75, 3.05) is 25.0 Å². The molecule has 0 spiro atoms. The van der Waals surface area contributed by atoms with E-state index in [1.165, 1.54) is 11.9 Å². The van der Waals surface area contributed by atoms with Gasteiger partial charge in [-0.15, -0.1) is 0 Å². The van der Waals surface area contributed by atoms with Gasteiger partial charge in [-0.25, -0.2) is 14.6 Å². The van der Waals surface area contributed by atoms with Crippen molar-refractivity contribution >= 4 is 35.5 Å². The van der Waals surface area contributed by atoms with Gasteiger partial charge in [0.2, 0.25) is 11.8 Å². The van der Waals surface area contributed by atoms with E-state index in [0.29, 0.717) is 37.3 Å². The quantitative estimate of drug-likeness (QED) is 0.102. The first-order valence-corrected chi connectivity index (χ1v) is 19.4. The third kappa shape index (κ3) is 13.0. The smallest absolute Gasteiger partial charge is 0.405 e. The first-order chi connectivity index (χ1) is 26.9. The molecule has 0 aliphatic carbocycles. The highest BCUT2D eigenvalue weighted by Gasteiger charge is 2.41. The number of carboxylic acid groups (broad SMARTS) is 1. The van der Waals surface area contributed by atoms with Crippen LogP contribution in [0.2, 0.25) is 0 Å². The lowest BCUT2D eigenvalue weighted by molar-refractivity contribution is -0.132. The SMILES string of the molecule is CC[C@H](C)[C@@H](C(=O)N[C@@H](Cc1ccccc1)[C@@H](O)CN(Cc1ccc(NC(C)=O)cc1)NC(=O)[C@@H](NC(=O)O)C(C)(C)C)N1CCN(Cc2cccc(C)n2)C1=O. The molecule has 1 aliphatic rings. The van der Waals surface area contributed by atoms with Crippen LogP contribution in [0, 0.1) is 18.3 Å². The molecule has 6 N–H and O–H groups in total. The van der Waals surface area contributed by atoms with E-state index in [1.807, 2.05) is 69.3 Å². The van der Waals surface area contributed by atoms with Gasteiger partial charge in [-0.1, -0.05) is 89.6 Å². The lowest BCUT2D eigenvalue weighted by atomic mass is 9.86. The lowest BCUT2D eigenvalue weighted by Gasteiger charge is -2.36. The number of aryl methyl sites for hydroxylation is 1. The van der Waals surface area contributed by atoms with Crippen LogP contribution in [0.4, 0.5) is 15.3 Å². The van der Waals surface area contributed by atoms with E-state index < -0.39 is 47.6 Å². The van der Waals surface area contributed by atoms with E-state index in [1.54, 1.807) is 54.8 Å². The van der Waals surface area contributed by atoms with E-state index in [0.717, 1.165) is 17.0 Å². The Morgan fingerprint density at radius 1 is 0.912 bits per heavy atom. The number of benzene rings is 2. The summed E-state index contributed by atoms with van der Waals surface area (Å²) in [5.74, 6) is -1.49. The Labute approximate surface area is 335 Å². The van der Waals surface area contributed by atoms with E-state index in [-0.39, 0.29) is 37.4 Å². The molecule has 57 heavy (non-hydrogen) atoms. The first kappa shape index (κ1) is 44.2. The fraction of sp³-hybridized carbons (Fsp3) is 0.476. The number of hydrogen-bond donors (Lipinski definition) is 6. The Bertz CT molecular complexity index is 1840. The number of hydrazine groups is 1. The number of carbonyl (C=O) groups excluding carboxylic acids is 4. The molecular formula is C42H58N8O7. The van der Waals surface area contributed by atoms with Gasteiger partial charge in [0.05, 0.1) is 24.4 Å². The molecule has 15 heteroatoms. The predicted octanol–water partition coefficient (Wildman–Crippen LogP) is 4.30. The molecule has 1 aromatic heterocycles. The maximum absolute atomic E-state index is 14.4. The summed E-state index contributed by atoms with van der Waals surface area (Å²) in [4.78, 5) is 73.1. The molecule has 4 rings (SSSR count). The monoisotopic (exact) mass is 786 g/mol. The Morgan fingerprint density at radius 2 is 1.60 bits per heavy atom. The summed E-state index contributed by atoms with van der Waals surface area (Å²) in [5.41, 5.74) is 5.76. The zero-order valence-electron chi connectivity index (χ0n) is 34.0.